The van der Waals surface area contributed by atoms with Gasteiger partial charge in [0, 0.05) is 21.5 Å². The van der Waals surface area contributed by atoms with Crippen molar-refractivity contribution in [3.8, 4) is 11.8 Å². The Morgan fingerprint density at radius 3 is 2.17 bits per heavy atom. The number of aromatic carboxylic acids is 2. The van der Waals surface area contributed by atoms with Gasteiger partial charge >= 0.3 is 11.9 Å². The van der Waals surface area contributed by atoms with E-state index >= 15 is 0 Å². The topological polar surface area (TPSA) is 103 Å². The van der Waals surface area contributed by atoms with Gasteiger partial charge in [-0.05, 0) is 67.4 Å². The molecule has 0 amide bonds. The molecule has 2 aromatic carbocycles. The Labute approximate surface area is 181 Å². The van der Waals surface area contributed by atoms with Crippen LogP contribution in [0.15, 0.2) is 53.0 Å². The molecule has 0 saturated heterocycles. The molecule has 0 radical (unpaired) electrons. The number of hydrogen-bond donors (Lipinski definition) is 2. The summed E-state index contributed by atoms with van der Waals surface area (Å²) in [5.41, 5.74) is 3.77. The van der Waals surface area contributed by atoms with E-state index < -0.39 is 11.9 Å². The lowest BCUT2D eigenvalue weighted by atomic mass is 10.0. The number of aryl methyl sites for hydroxylation is 1. The average Bonchev–Trinajstić information content (AvgIpc) is 2.98. The summed E-state index contributed by atoms with van der Waals surface area (Å²) in [6.45, 7) is 3.67. The standard InChI is InChI=1S/C23H17BrN2O4/c1-13-6-16(7-19(12-25)15-4-3-5-20(24)9-15)14(2)26(13)21-10-17(22(27)28)8-18(11-21)23(29)30/h3-11H,1-2H3,(H,27,28)(H,29,30)/b19-7-. The fraction of sp³-hybridized carbons (Fsp3) is 0.0870. The third-order valence-electron chi connectivity index (χ3n) is 4.70. The fourth-order valence-corrected chi connectivity index (χ4v) is 3.71. The quantitative estimate of drug-likeness (QED) is 0.497. The molecule has 1 aromatic heterocycles. The number of carboxylic acids is 2. The van der Waals surface area contributed by atoms with Crippen molar-refractivity contribution in [2.75, 3.05) is 0 Å². The molecule has 0 saturated carbocycles. The summed E-state index contributed by atoms with van der Waals surface area (Å²) >= 11 is 3.41. The second-order valence-corrected chi connectivity index (χ2v) is 7.64. The Balaban J connectivity index is 2.16. The van der Waals surface area contributed by atoms with Crippen LogP contribution < -0.4 is 0 Å². The number of rotatable bonds is 5. The highest BCUT2D eigenvalue weighted by Crippen LogP contribution is 2.27. The van der Waals surface area contributed by atoms with Crippen LogP contribution in [0, 0.1) is 25.2 Å². The van der Waals surface area contributed by atoms with Crippen LogP contribution in [0.4, 0.5) is 0 Å². The Morgan fingerprint density at radius 1 is 1.00 bits per heavy atom. The predicted molar refractivity (Wildman–Crippen MR) is 117 cm³/mol. The first-order valence-electron chi connectivity index (χ1n) is 8.90. The van der Waals surface area contributed by atoms with Crippen molar-refractivity contribution in [2.24, 2.45) is 0 Å². The number of allylic oxidation sites excluding steroid dienone is 1. The first kappa shape index (κ1) is 21.1. The highest BCUT2D eigenvalue weighted by Gasteiger charge is 2.16. The monoisotopic (exact) mass is 464 g/mol. The summed E-state index contributed by atoms with van der Waals surface area (Å²) in [4.78, 5) is 22.9. The molecule has 0 spiro atoms. The number of nitrogens with zero attached hydrogens (tertiary/aromatic N) is 2. The van der Waals surface area contributed by atoms with Gasteiger partial charge in [0.25, 0.3) is 0 Å². The van der Waals surface area contributed by atoms with Crippen molar-refractivity contribution < 1.29 is 19.8 Å². The molecule has 0 unspecified atom stereocenters. The molecular weight excluding hydrogens is 448 g/mol. The van der Waals surface area contributed by atoms with E-state index in [1.54, 1.807) is 10.6 Å². The van der Waals surface area contributed by atoms with Gasteiger partial charge in [-0.1, -0.05) is 28.1 Å². The van der Waals surface area contributed by atoms with Crippen LogP contribution in [0.2, 0.25) is 0 Å². The predicted octanol–water partition coefficient (Wildman–Crippen LogP) is 5.32. The van der Waals surface area contributed by atoms with E-state index in [1.807, 2.05) is 44.2 Å². The Hall–Kier alpha value is -3.63. The van der Waals surface area contributed by atoms with Crippen molar-refractivity contribution in [3.05, 3.63) is 86.6 Å². The molecular formula is C23H17BrN2O4. The minimum absolute atomic E-state index is 0.110. The number of hydrogen-bond acceptors (Lipinski definition) is 3. The lowest BCUT2D eigenvalue weighted by Gasteiger charge is -2.12. The molecule has 0 bridgehead atoms. The van der Waals surface area contributed by atoms with Crippen molar-refractivity contribution >= 4 is 39.5 Å². The van der Waals surface area contributed by atoms with Gasteiger partial charge < -0.3 is 14.8 Å². The molecule has 6 nitrogen and oxygen atoms in total. The van der Waals surface area contributed by atoms with Crippen LogP contribution in [0.25, 0.3) is 17.3 Å². The Kier molecular flexibility index (Phi) is 5.90. The zero-order valence-electron chi connectivity index (χ0n) is 16.2. The fourth-order valence-electron chi connectivity index (χ4n) is 3.31. The molecule has 150 valence electrons. The SMILES string of the molecule is Cc1cc(/C=C(/C#N)c2cccc(Br)c2)c(C)n1-c1cc(C(=O)O)cc(C(=O)O)c1. The Bertz CT molecular complexity index is 1220. The van der Waals surface area contributed by atoms with E-state index in [1.165, 1.54) is 12.1 Å². The van der Waals surface area contributed by atoms with Gasteiger partial charge in [-0.2, -0.15) is 5.26 Å². The molecule has 30 heavy (non-hydrogen) atoms. The first-order chi connectivity index (χ1) is 14.2. The van der Waals surface area contributed by atoms with E-state index in [2.05, 4.69) is 22.0 Å². The lowest BCUT2D eigenvalue weighted by Crippen LogP contribution is -2.07. The summed E-state index contributed by atoms with van der Waals surface area (Å²) in [6.07, 6.45) is 1.76. The van der Waals surface area contributed by atoms with E-state index in [0.717, 1.165) is 33.1 Å². The number of aromatic nitrogens is 1. The lowest BCUT2D eigenvalue weighted by molar-refractivity contribution is 0.0696. The molecule has 0 fully saturated rings. The van der Waals surface area contributed by atoms with Crippen molar-refractivity contribution in [3.63, 3.8) is 0 Å². The number of nitriles is 1. The van der Waals surface area contributed by atoms with Crippen LogP contribution >= 0.6 is 15.9 Å². The minimum atomic E-state index is -1.21. The molecule has 3 rings (SSSR count). The molecule has 7 heteroatoms. The summed E-state index contributed by atoms with van der Waals surface area (Å²) in [7, 11) is 0. The van der Waals surface area contributed by atoms with Crippen LogP contribution in [0.3, 0.4) is 0 Å². The number of carboxylic acid groups (broad SMARTS) is 2. The third kappa shape index (κ3) is 4.19. The van der Waals surface area contributed by atoms with Crippen molar-refractivity contribution in [2.45, 2.75) is 13.8 Å². The molecule has 0 aliphatic carbocycles. The highest BCUT2D eigenvalue weighted by molar-refractivity contribution is 9.10. The van der Waals surface area contributed by atoms with Gasteiger partial charge in [-0.25, -0.2) is 9.59 Å². The van der Waals surface area contributed by atoms with Crippen molar-refractivity contribution in [1.29, 1.82) is 5.26 Å². The van der Waals surface area contributed by atoms with E-state index in [4.69, 9.17) is 0 Å². The van der Waals surface area contributed by atoms with Crippen LogP contribution in [-0.2, 0) is 0 Å². The first-order valence-corrected chi connectivity index (χ1v) is 9.69. The maximum Gasteiger partial charge on any atom is 0.335 e. The second kappa shape index (κ2) is 8.39. The minimum Gasteiger partial charge on any atom is -0.478 e. The number of carbonyl (C=O) groups is 2. The van der Waals surface area contributed by atoms with Gasteiger partial charge in [0.1, 0.15) is 0 Å². The normalized spacial score (nSPS) is 11.2. The maximum atomic E-state index is 11.5. The molecule has 0 aliphatic rings. The van der Waals surface area contributed by atoms with E-state index in [-0.39, 0.29) is 11.1 Å². The van der Waals surface area contributed by atoms with E-state index in [0.29, 0.717) is 11.3 Å². The highest BCUT2D eigenvalue weighted by atomic mass is 79.9. The smallest absolute Gasteiger partial charge is 0.335 e. The zero-order chi connectivity index (χ0) is 22.0. The summed E-state index contributed by atoms with van der Waals surface area (Å²) in [5.74, 6) is -2.41. The third-order valence-corrected chi connectivity index (χ3v) is 5.19. The molecule has 1 heterocycles. The number of benzene rings is 2. The maximum absolute atomic E-state index is 11.5. The summed E-state index contributed by atoms with van der Waals surface area (Å²) in [5, 5.41) is 28.3. The molecule has 3 aromatic rings. The molecule has 0 aliphatic heterocycles. The Morgan fingerprint density at radius 2 is 1.63 bits per heavy atom. The van der Waals surface area contributed by atoms with Crippen LogP contribution in [0.1, 0.15) is 43.2 Å². The van der Waals surface area contributed by atoms with Crippen molar-refractivity contribution in [1.82, 2.24) is 4.57 Å². The summed E-state index contributed by atoms with van der Waals surface area (Å²) < 4.78 is 2.64. The van der Waals surface area contributed by atoms with Crippen LogP contribution in [-0.4, -0.2) is 26.7 Å². The van der Waals surface area contributed by atoms with Gasteiger partial charge in [-0.15, -0.1) is 0 Å². The van der Waals surface area contributed by atoms with E-state index in [9.17, 15) is 25.1 Å². The van der Waals surface area contributed by atoms with Gasteiger partial charge in [0.2, 0.25) is 0 Å². The second-order valence-electron chi connectivity index (χ2n) is 6.72. The number of halogens is 1. The van der Waals surface area contributed by atoms with Gasteiger partial charge in [0.05, 0.1) is 22.8 Å². The van der Waals surface area contributed by atoms with Gasteiger partial charge in [0.15, 0.2) is 0 Å². The molecule has 0 atom stereocenters. The van der Waals surface area contributed by atoms with Gasteiger partial charge in [-0.3, -0.25) is 0 Å². The molecule has 2 N–H and O–H groups in total. The van der Waals surface area contributed by atoms with Crippen LogP contribution in [0.5, 0.6) is 0 Å². The zero-order valence-corrected chi connectivity index (χ0v) is 17.8. The largest absolute Gasteiger partial charge is 0.478 e. The average molecular weight is 465 g/mol. The summed E-state index contributed by atoms with van der Waals surface area (Å²) in [6, 6.07) is 15.5.